The van der Waals surface area contributed by atoms with Crippen LogP contribution >= 0.6 is 0 Å². The summed E-state index contributed by atoms with van der Waals surface area (Å²) >= 11 is 0. The molecule has 0 aromatic rings. The predicted molar refractivity (Wildman–Crippen MR) is 68.1 cm³/mol. The molecule has 0 bridgehead atoms. The molecule has 0 nitrogen and oxygen atoms in total. The molecule has 13 heavy (non-hydrogen) atoms. The fourth-order valence-corrected chi connectivity index (χ4v) is 0.136. The lowest BCUT2D eigenvalue weighted by Gasteiger charge is -1.56. The van der Waals surface area contributed by atoms with Crippen molar-refractivity contribution in [2.75, 3.05) is 0 Å². The standard InChI is InChI=1S/C5H8.C4H6.2C2H6/c1-3-5-4-2;1-3-4-2;2*1-2/h3-5H,1H2,2H3;3-4H,1-2H2;2*1-2H3/b5-4-;;;. The van der Waals surface area contributed by atoms with Gasteiger partial charge in [0.15, 0.2) is 0 Å². The molecule has 0 N–H and O–H groups in total. The summed E-state index contributed by atoms with van der Waals surface area (Å²) < 4.78 is 0. The second-order valence-corrected chi connectivity index (χ2v) is 1.23. The van der Waals surface area contributed by atoms with Crippen LogP contribution in [0, 0.1) is 0 Å². The molecule has 0 saturated carbocycles. The molecule has 0 aliphatic rings. The fraction of sp³-hybridized carbons (Fsp3) is 0.385. The second-order valence-electron chi connectivity index (χ2n) is 1.23. The van der Waals surface area contributed by atoms with Gasteiger partial charge in [-0.2, -0.15) is 0 Å². The first-order chi connectivity index (χ1) is 6.33. The van der Waals surface area contributed by atoms with E-state index in [4.69, 9.17) is 0 Å². The Labute approximate surface area is 85.4 Å². The Hall–Kier alpha value is -1.04. The zero-order chi connectivity index (χ0) is 11.5. The summed E-state index contributed by atoms with van der Waals surface area (Å²) in [6, 6.07) is 0. The van der Waals surface area contributed by atoms with Crippen LogP contribution in [0.5, 0.6) is 0 Å². The SMILES string of the molecule is C=C/C=C\C.C=CC=C.CC.CC. The largest absolute Gasteiger partial charge is 0.0991 e. The van der Waals surface area contributed by atoms with Gasteiger partial charge in [-0.05, 0) is 6.92 Å². The van der Waals surface area contributed by atoms with Crippen molar-refractivity contribution in [1.82, 2.24) is 0 Å². The van der Waals surface area contributed by atoms with Crippen LogP contribution in [-0.4, -0.2) is 0 Å². The summed E-state index contributed by atoms with van der Waals surface area (Å²) in [5.74, 6) is 0. The van der Waals surface area contributed by atoms with Crippen LogP contribution in [-0.2, 0) is 0 Å². The summed E-state index contributed by atoms with van der Waals surface area (Å²) in [6.07, 6.45) is 8.85. The van der Waals surface area contributed by atoms with Crippen LogP contribution in [0.1, 0.15) is 34.6 Å². The minimum absolute atomic E-state index is 1.64. The maximum atomic E-state index is 3.46. The lowest BCUT2D eigenvalue weighted by atomic mass is 10.5. The molecule has 78 valence electrons. The minimum Gasteiger partial charge on any atom is -0.0991 e. The first-order valence-corrected chi connectivity index (χ1v) is 4.80. The Balaban J connectivity index is -0.0000000457. The van der Waals surface area contributed by atoms with Crippen molar-refractivity contribution in [2.45, 2.75) is 34.6 Å². The maximum absolute atomic E-state index is 3.46. The Morgan fingerprint density at radius 2 is 1.00 bits per heavy atom. The molecule has 0 fully saturated rings. The van der Waals surface area contributed by atoms with Crippen LogP contribution < -0.4 is 0 Å². The molecule has 0 radical (unpaired) electrons. The van der Waals surface area contributed by atoms with Crippen molar-refractivity contribution in [3.63, 3.8) is 0 Å². The van der Waals surface area contributed by atoms with Gasteiger partial charge in [0.25, 0.3) is 0 Å². The number of rotatable bonds is 2. The first kappa shape index (κ1) is 22.7. The highest BCUT2D eigenvalue weighted by Crippen LogP contribution is 1.64. The first-order valence-electron chi connectivity index (χ1n) is 4.80. The third-order valence-corrected chi connectivity index (χ3v) is 0.495. The summed E-state index contributed by atoms with van der Waals surface area (Å²) in [5, 5.41) is 0. The molecule has 0 atom stereocenters. The van der Waals surface area contributed by atoms with Gasteiger partial charge in [-0.3, -0.25) is 0 Å². The highest BCUT2D eigenvalue weighted by atomic mass is 13.5. The summed E-state index contributed by atoms with van der Waals surface area (Å²) in [4.78, 5) is 0. The van der Waals surface area contributed by atoms with Gasteiger partial charge < -0.3 is 0 Å². The van der Waals surface area contributed by atoms with Gasteiger partial charge >= 0.3 is 0 Å². The third kappa shape index (κ3) is 229. The van der Waals surface area contributed by atoms with Crippen LogP contribution in [0.3, 0.4) is 0 Å². The topological polar surface area (TPSA) is 0 Å². The molecular formula is C13H26. The molecular weight excluding hydrogens is 156 g/mol. The molecule has 0 aliphatic heterocycles. The smallest absolute Gasteiger partial charge is 0.0467 e. The van der Waals surface area contributed by atoms with Gasteiger partial charge in [0, 0.05) is 0 Å². The van der Waals surface area contributed by atoms with E-state index in [-0.39, 0.29) is 0 Å². The van der Waals surface area contributed by atoms with E-state index in [2.05, 4.69) is 19.7 Å². The van der Waals surface area contributed by atoms with Crippen LogP contribution in [0.15, 0.2) is 50.1 Å². The average Bonchev–Trinajstić information content (AvgIpc) is 2.25. The number of hydrogen-bond donors (Lipinski definition) is 0. The quantitative estimate of drug-likeness (QED) is 0.517. The van der Waals surface area contributed by atoms with Crippen LogP contribution in [0.4, 0.5) is 0 Å². The normalized spacial score (nSPS) is 5.92. The van der Waals surface area contributed by atoms with E-state index in [0.717, 1.165) is 0 Å². The molecule has 0 aromatic carbocycles. The van der Waals surface area contributed by atoms with Crippen molar-refractivity contribution >= 4 is 0 Å². The Bertz CT molecular complexity index is 90.6. The van der Waals surface area contributed by atoms with E-state index in [1.807, 2.05) is 46.8 Å². The molecule has 0 spiro atoms. The van der Waals surface area contributed by atoms with E-state index in [0.29, 0.717) is 0 Å². The average molecular weight is 182 g/mol. The van der Waals surface area contributed by atoms with Crippen molar-refractivity contribution in [2.24, 2.45) is 0 Å². The number of allylic oxidation sites excluding steroid dienone is 5. The van der Waals surface area contributed by atoms with Gasteiger partial charge in [0.1, 0.15) is 0 Å². The zero-order valence-electron chi connectivity index (χ0n) is 10.0. The van der Waals surface area contributed by atoms with Crippen molar-refractivity contribution in [3.8, 4) is 0 Å². The van der Waals surface area contributed by atoms with Crippen molar-refractivity contribution in [1.29, 1.82) is 0 Å². The van der Waals surface area contributed by atoms with Crippen LogP contribution in [0.2, 0.25) is 0 Å². The van der Waals surface area contributed by atoms with E-state index in [1.54, 1.807) is 18.2 Å². The lowest BCUT2D eigenvalue weighted by Crippen LogP contribution is -1.33. The molecule has 0 aromatic heterocycles. The van der Waals surface area contributed by atoms with Gasteiger partial charge in [-0.1, -0.05) is 77.8 Å². The third-order valence-electron chi connectivity index (χ3n) is 0.495. The van der Waals surface area contributed by atoms with Gasteiger partial charge in [-0.15, -0.1) is 0 Å². The summed E-state index contributed by atoms with van der Waals surface area (Å²) in [6.45, 7) is 20.1. The Kier molecular flexibility index (Phi) is 121. The Morgan fingerprint density at radius 3 is 1.00 bits per heavy atom. The number of hydrogen-bond acceptors (Lipinski definition) is 0. The summed E-state index contributed by atoms with van der Waals surface area (Å²) in [7, 11) is 0. The van der Waals surface area contributed by atoms with E-state index < -0.39 is 0 Å². The van der Waals surface area contributed by atoms with Gasteiger partial charge in [0.2, 0.25) is 0 Å². The molecule has 0 heteroatoms. The molecule has 0 unspecified atom stereocenters. The highest BCUT2D eigenvalue weighted by molar-refractivity contribution is 4.94. The van der Waals surface area contributed by atoms with E-state index >= 15 is 0 Å². The molecule has 0 saturated heterocycles. The van der Waals surface area contributed by atoms with Gasteiger partial charge in [0.05, 0.1) is 0 Å². The van der Waals surface area contributed by atoms with E-state index in [1.165, 1.54) is 0 Å². The lowest BCUT2D eigenvalue weighted by molar-refractivity contribution is 1.50. The molecule has 0 aliphatic carbocycles. The zero-order valence-corrected chi connectivity index (χ0v) is 10.0. The molecule has 0 amide bonds. The van der Waals surface area contributed by atoms with Gasteiger partial charge in [-0.25, -0.2) is 0 Å². The van der Waals surface area contributed by atoms with Crippen LogP contribution in [0.25, 0.3) is 0 Å². The van der Waals surface area contributed by atoms with E-state index in [9.17, 15) is 0 Å². The predicted octanol–water partition coefficient (Wildman–Crippen LogP) is 5.16. The fourth-order valence-electron chi connectivity index (χ4n) is 0.136. The molecule has 0 rings (SSSR count). The second kappa shape index (κ2) is 69.3. The van der Waals surface area contributed by atoms with Crippen molar-refractivity contribution in [3.05, 3.63) is 50.1 Å². The highest BCUT2D eigenvalue weighted by Gasteiger charge is 1.42. The monoisotopic (exact) mass is 182 g/mol. The van der Waals surface area contributed by atoms with Crippen molar-refractivity contribution < 1.29 is 0 Å². The minimum atomic E-state index is 1.64. The maximum Gasteiger partial charge on any atom is -0.0467 e. The summed E-state index contributed by atoms with van der Waals surface area (Å²) in [5.41, 5.74) is 0. The Morgan fingerprint density at radius 1 is 0.692 bits per heavy atom. The molecule has 0 heterocycles.